The maximum Gasteiger partial charge on any atom is 0.308 e. The van der Waals surface area contributed by atoms with Crippen molar-refractivity contribution in [3.8, 4) is 0 Å². The van der Waals surface area contributed by atoms with Gasteiger partial charge in [-0.15, -0.1) is 0 Å². The number of carbonyl (C=O) groups excluding carboxylic acids is 3. The van der Waals surface area contributed by atoms with Crippen molar-refractivity contribution in [1.29, 1.82) is 0 Å². The van der Waals surface area contributed by atoms with Gasteiger partial charge in [0.05, 0.1) is 13.0 Å². The van der Waals surface area contributed by atoms with Gasteiger partial charge in [-0.05, 0) is 44.4 Å². The first-order chi connectivity index (χ1) is 17.9. The number of esters is 1. The van der Waals surface area contributed by atoms with E-state index in [1.54, 1.807) is 0 Å². The van der Waals surface area contributed by atoms with Crippen LogP contribution >= 0.6 is 0 Å². The lowest BCUT2D eigenvalue weighted by molar-refractivity contribution is -0.149. The molecule has 0 bridgehead atoms. The third-order valence-corrected chi connectivity index (χ3v) is 8.78. The van der Waals surface area contributed by atoms with E-state index in [0.29, 0.717) is 45.3 Å². The van der Waals surface area contributed by atoms with Gasteiger partial charge in [0.2, 0.25) is 11.8 Å². The summed E-state index contributed by atoms with van der Waals surface area (Å²) >= 11 is 0. The standard InChI is InChI=1S/C28H39N5O4/c1-30-17-20(22-6-4-5-7-23(22)30)18-33-15-12-24-26(33)27(35)29-16-21(31(24)2)8-9-25(34)32-13-10-19(11-14-32)28(36)37-3/h4-7,17,19,21,24,26H,8-16,18H2,1-3H3,(H,29,35)/t21-,24+,26-/m0/s1. The van der Waals surface area contributed by atoms with Gasteiger partial charge in [0.15, 0.2) is 0 Å². The number of likely N-dealkylation sites (tertiary alicyclic amines) is 2. The lowest BCUT2D eigenvalue weighted by Crippen LogP contribution is -2.49. The summed E-state index contributed by atoms with van der Waals surface area (Å²) in [6.45, 7) is 3.38. The molecule has 3 aliphatic rings. The maximum atomic E-state index is 13.3. The van der Waals surface area contributed by atoms with Crippen LogP contribution in [-0.4, -0.2) is 95.5 Å². The molecule has 1 N–H and O–H groups in total. The molecule has 9 heteroatoms. The third-order valence-electron chi connectivity index (χ3n) is 8.78. The Morgan fingerprint density at radius 2 is 1.84 bits per heavy atom. The van der Waals surface area contributed by atoms with Gasteiger partial charge in [0, 0.05) is 75.4 Å². The second kappa shape index (κ2) is 10.8. The van der Waals surface area contributed by atoms with Crippen molar-refractivity contribution in [2.24, 2.45) is 13.0 Å². The molecule has 9 nitrogen and oxygen atoms in total. The van der Waals surface area contributed by atoms with E-state index < -0.39 is 0 Å². The fourth-order valence-corrected chi connectivity index (χ4v) is 6.58. The molecule has 1 aromatic heterocycles. The predicted octanol–water partition coefficient (Wildman–Crippen LogP) is 1.74. The lowest BCUT2D eigenvalue weighted by Gasteiger charge is -2.34. The number of rotatable bonds is 6. The normalized spacial score (nSPS) is 25.6. The largest absolute Gasteiger partial charge is 0.469 e. The molecule has 0 spiro atoms. The van der Waals surface area contributed by atoms with Crippen LogP contribution in [0.15, 0.2) is 30.5 Å². The molecule has 0 unspecified atom stereocenters. The lowest BCUT2D eigenvalue weighted by atomic mass is 9.96. The molecule has 37 heavy (non-hydrogen) atoms. The molecule has 200 valence electrons. The van der Waals surface area contributed by atoms with Gasteiger partial charge in [-0.1, -0.05) is 18.2 Å². The van der Waals surface area contributed by atoms with Crippen LogP contribution < -0.4 is 5.32 Å². The first kappa shape index (κ1) is 25.7. The highest BCUT2D eigenvalue weighted by Crippen LogP contribution is 2.31. The van der Waals surface area contributed by atoms with Gasteiger partial charge in [-0.25, -0.2) is 0 Å². The zero-order valence-corrected chi connectivity index (χ0v) is 22.2. The van der Waals surface area contributed by atoms with Crippen LogP contribution in [-0.2, 0) is 32.7 Å². The number of nitrogens with one attached hydrogen (secondary N) is 1. The Kier molecular flexibility index (Phi) is 7.53. The Balaban J connectivity index is 1.19. The fraction of sp³-hybridized carbons (Fsp3) is 0.607. The molecule has 4 heterocycles. The van der Waals surface area contributed by atoms with Crippen molar-refractivity contribution in [2.45, 2.75) is 56.8 Å². The highest BCUT2D eigenvalue weighted by Gasteiger charge is 2.45. The molecule has 2 amide bonds. The van der Waals surface area contributed by atoms with Crippen molar-refractivity contribution in [3.05, 3.63) is 36.0 Å². The minimum Gasteiger partial charge on any atom is -0.469 e. The molecular formula is C28H39N5O4. The molecular weight excluding hydrogens is 470 g/mol. The van der Waals surface area contributed by atoms with Crippen LogP contribution in [0.1, 0.15) is 37.7 Å². The van der Waals surface area contributed by atoms with Crippen LogP contribution in [0.2, 0.25) is 0 Å². The zero-order valence-electron chi connectivity index (χ0n) is 22.2. The minimum atomic E-state index is -0.193. The van der Waals surface area contributed by atoms with E-state index in [9.17, 15) is 14.4 Å². The average Bonchev–Trinajstić information content (AvgIpc) is 3.45. The Hall–Kier alpha value is -2.91. The van der Waals surface area contributed by atoms with Gasteiger partial charge in [0.1, 0.15) is 6.04 Å². The number of aryl methyl sites for hydroxylation is 1. The Bertz CT molecular complexity index is 1150. The number of nitrogens with zero attached hydrogens (tertiary/aromatic N) is 4. The number of ether oxygens (including phenoxy) is 1. The van der Waals surface area contributed by atoms with Gasteiger partial charge >= 0.3 is 5.97 Å². The van der Waals surface area contributed by atoms with Gasteiger partial charge < -0.3 is 19.5 Å². The summed E-state index contributed by atoms with van der Waals surface area (Å²) < 4.78 is 7.01. The highest BCUT2D eigenvalue weighted by atomic mass is 16.5. The summed E-state index contributed by atoms with van der Waals surface area (Å²) in [5.41, 5.74) is 2.45. The summed E-state index contributed by atoms with van der Waals surface area (Å²) in [6.07, 6.45) is 5.59. The number of amides is 2. The predicted molar refractivity (Wildman–Crippen MR) is 141 cm³/mol. The summed E-state index contributed by atoms with van der Waals surface area (Å²) in [5.74, 6) is -0.0574. The van der Waals surface area contributed by atoms with Crippen LogP contribution in [0.4, 0.5) is 0 Å². The van der Waals surface area contributed by atoms with E-state index in [1.807, 2.05) is 4.90 Å². The van der Waals surface area contributed by atoms with Crippen LogP contribution in [0.3, 0.4) is 0 Å². The van der Waals surface area contributed by atoms with Crippen molar-refractivity contribution in [2.75, 3.05) is 40.3 Å². The van der Waals surface area contributed by atoms with Crippen molar-refractivity contribution < 1.29 is 19.1 Å². The number of para-hydroxylation sites is 1. The molecule has 0 radical (unpaired) electrons. The Labute approximate surface area is 218 Å². The van der Waals surface area contributed by atoms with Crippen LogP contribution in [0, 0.1) is 5.92 Å². The minimum absolute atomic E-state index is 0.0910. The molecule has 1 aromatic carbocycles. The number of aromatic nitrogens is 1. The number of carbonyl (C=O) groups is 3. The van der Waals surface area contributed by atoms with Gasteiger partial charge in [-0.3, -0.25) is 24.2 Å². The molecule has 0 aliphatic carbocycles. The van der Waals surface area contributed by atoms with E-state index in [2.05, 4.69) is 64.2 Å². The fourth-order valence-electron chi connectivity index (χ4n) is 6.58. The summed E-state index contributed by atoms with van der Waals surface area (Å²) in [7, 11) is 5.59. The molecule has 0 saturated carbocycles. The molecule has 2 aromatic rings. The van der Waals surface area contributed by atoms with E-state index in [1.165, 1.54) is 23.6 Å². The summed E-state index contributed by atoms with van der Waals surface area (Å²) in [5, 5.41) is 4.42. The first-order valence-electron chi connectivity index (χ1n) is 13.5. The quantitative estimate of drug-likeness (QED) is 0.597. The van der Waals surface area contributed by atoms with Gasteiger partial charge in [0.25, 0.3) is 0 Å². The molecule has 3 aliphatic heterocycles. The second-order valence-electron chi connectivity index (χ2n) is 10.8. The molecule has 3 atom stereocenters. The topological polar surface area (TPSA) is 87.1 Å². The van der Waals surface area contributed by atoms with Gasteiger partial charge in [-0.2, -0.15) is 0 Å². The maximum absolute atomic E-state index is 13.3. The number of fused-ring (bicyclic) bond motifs is 2. The summed E-state index contributed by atoms with van der Waals surface area (Å²) in [6, 6.07) is 8.47. The smallest absolute Gasteiger partial charge is 0.308 e. The average molecular weight is 510 g/mol. The Morgan fingerprint density at radius 3 is 2.59 bits per heavy atom. The van der Waals surface area contributed by atoms with Crippen molar-refractivity contribution >= 4 is 28.7 Å². The van der Waals surface area contributed by atoms with Crippen molar-refractivity contribution in [1.82, 2.24) is 24.6 Å². The second-order valence-corrected chi connectivity index (χ2v) is 10.8. The first-order valence-corrected chi connectivity index (χ1v) is 13.5. The van der Waals surface area contributed by atoms with E-state index >= 15 is 0 Å². The number of hydrogen-bond acceptors (Lipinski definition) is 6. The highest BCUT2D eigenvalue weighted by molar-refractivity contribution is 5.85. The van der Waals surface area contributed by atoms with Crippen LogP contribution in [0.5, 0.6) is 0 Å². The zero-order chi connectivity index (χ0) is 26.1. The third kappa shape index (κ3) is 5.11. The number of methoxy groups -OCH3 is 1. The van der Waals surface area contributed by atoms with E-state index in [4.69, 9.17) is 4.74 Å². The van der Waals surface area contributed by atoms with E-state index in [0.717, 1.165) is 19.5 Å². The molecule has 3 fully saturated rings. The molecule has 3 saturated heterocycles. The number of hydrogen-bond donors (Lipinski definition) is 1. The number of benzene rings is 1. The monoisotopic (exact) mass is 509 g/mol. The van der Waals surface area contributed by atoms with E-state index in [-0.39, 0.29) is 41.8 Å². The van der Waals surface area contributed by atoms with Crippen molar-refractivity contribution in [3.63, 3.8) is 0 Å². The Morgan fingerprint density at radius 1 is 1.08 bits per heavy atom. The number of piperidine rings is 1. The van der Waals surface area contributed by atoms with Crippen LogP contribution in [0.25, 0.3) is 10.9 Å². The number of likely N-dealkylation sites (N-methyl/N-ethyl adjacent to an activating group) is 1. The molecule has 5 rings (SSSR count). The summed E-state index contributed by atoms with van der Waals surface area (Å²) in [4.78, 5) is 44.5. The SMILES string of the molecule is COC(=O)C1CCN(C(=O)CC[C@H]2CNC(=O)[C@@H]3[C@@H](CCN3Cc3cn(C)c4ccccc34)N2C)CC1.